The summed E-state index contributed by atoms with van der Waals surface area (Å²) in [6.07, 6.45) is 3.63. The average Bonchev–Trinajstić information content (AvgIpc) is 3.28. The molecule has 10 nitrogen and oxygen atoms in total. The molecule has 1 saturated heterocycles. The molecule has 0 radical (unpaired) electrons. The topological polar surface area (TPSA) is 126 Å². The smallest absolute Gasteiger partial charge is 0.318 e. The van der Waals surface area contributed by atoms with Crippen LogP contribution in [-0.4, -0.2) is 69.2 Å². The first-order valence-electron chi connectivity index (χ1n) is 9.72. The summed E-state index contributed by atoms with van der Waals surface area (Å²) < 4.78 is 0. The van der Waals surface area contributed by atoms with E-state index in [4.69, 9.17) is 5.21 Å². The minimum Gasteiger partial charge on any atom is -0.352 e. The molecular weight excluding hydrogens is 386 g/mol. The van der Waals surface area contributed by atoms with Crippen molar-refractivity contribution < 1.29 is 14.8 Å². The second kappa shape index (κ2) is 8.78. The summed E-state index contributed by atoms with van der Waals surface area (Å²) in [5.74, 6) is 0.185. The number of nitrogens with one attached hydrogen (secondary N) is 3. The Morgan fingerprint density at radius 1 is 1.10 bits per heavy atom. The van der Waals surface area contributed by atoms with E-state index in [1.165, 1.54) is 6.33 Å². The summed E-state index contributed by atoms with van der Waals surface area (Å²) in [4.78, 5) is 40.2. The molecule has 0 spiro atoms. The van der Waals surface area contributed by atoms with Gasteiger partial charge in [-0.3, -0.25) is 10.0 Å². The van der Waals surface area contributed by atoms with Crippen LogP contribution in [-0.2, 0) is 11.2 Å². The molecule has 4 N–H and O–H groups in total. The van der Waals surface area contributed by atoms with Crippen molar-refractivity contribution in [2.45, 2.75) is 12.5 Å². The summed E-state index contributed by atoms with van der Waals surface area (Å²) >= 11 is 0. The molecule has 1 aromatic carbocycles. The summed E-state index contributed by atoms with van der Waals surface area (Å²) in [6, 6.07) is 10.1. The number of hydrogen-bond donors (Lipinski definition) is 4. The summed E-state index contributed by atoms with van der Waals surface area (Å²) in [7, 11) is 0. The number of benzene rings is 1. The number of rotatable bonds is 5. The van der Waals surface area contributed by atoms with Crippen molar-refractivity contribution in [3.05, 3.63) is 54.5 Å². The molecular formula is C20H23N7O3. The number of hydrogen-bond acceptors (Lipinski definition) is 6. The molecule has 3 amide bonds. The van der Waals surface area contributed by atoms with Gasteiger partial charge in [0.1, 0.15) is 23.8 Å². The van der Waals surface area contributed by atoms with E-state index >= 15 is 0 Å². The molecule has 0 bridgehead atoms. The van der Waals surface area contributed by atoms with Crippen LogP contribution in [0.2, 0.25) is 0 Å². The van der Waals surface area contributed by atoms with Crippen molar-refractivity contribution in [1.82, 2.24) is 30.6 Å². The molecule has 30 heavy (non-hydrogen) atoms. The predicted molar refractivity (Wildman–Crippen MR) is 110 cm³/mol. The van der Waals surface area contributed by atoms with Crippen LogP contribution >= 0.6 is 0 Å². The van der Waals surface area contributed by atoms with Gasteiger partial charge in [-0.05, 0) is 11.6 Å². The Morgan fingerprint density at radius 3 is 2.60 bits per heavy atom. The van der Waals surface area contributed by atoms with Crippen LogP contribution in [0.5, 0.6) is 0 Å². The van der Waals surface area contributed by atoms with Gasteiger partial charge < -0.3 is 20.1 Å². The summed E-state index contributed by atoms with van der Waals surface area (Å²) in [5.41, 5.74) is 3.30. The van der Waals surface area contributed by atoms with Gasteiger partial charge in [-0.2, -0.15) is 0 Å². The van der Waals surface area contributed by atoms with Gasteiger partial charge >= 0.3 is 6.03 Å². The molecule has 3 aromatic rings. The Kier molecular flexibility index (Phi) is 5.75. The van der Waals surface area contributed by atoms with E-state index in [2.05, 4.69) is 25.2 Å². The van der Waals surface area contributed by atoms with Gasteiger partial charge in [0.05, 0.1) is 5.39 Å². The van der Waals surface area contributed by atoms with Crippen molar-refractivity contribution in [3.8, 4) is 0 Å². The minimum absolute atomic E-state index is 0.283. The van der Waals surface area contributed by atoms with Gasteiger partial charge in [0.25, 0.3) is 5.91 Å². The van der Waals surface area contributed by atoms with Crippen LogP contribution in [0.1, 0.15) is 5.56 Å². The Bertz CT molecular complexity index is 1020. The number of aromatic amines is 1. The van der Waals surface area contributed by atoms with Crippen LogP contribution < -0.4 is 15.7 Å². The number of carbonyl (C=O) groups excluding carboxylic acids is 2. The van der Waals surface area contributed by atoms with Crippen LogP contribution in [0.25, 0.3) is 11.0 Å². The van der Waals surface area contributed by atoms with E-state index in [1.54, 1.807) is 10.4 Å². The van der Waals surface area contributed by atoms with Crippen molar-refractivity contribution in [3.63, 3.8) is 0 Å². The third-order valence-corrected chi connectivity index (χ3v) is 5.21. The highest BCUT2D eigenvalue weighted by Crippen LogP contribution is 2.23. The number of hydroxylamine groups is 1. The number of carbonyl (C=O) groups is 2. The van der Waals surface area contributed by atoms with Gasteiger partial charge in [0.15, 0.2) is 0 Å². The zero-order chi connectivity index (χ0) is 20.9. The molecule has 0 saturated carbocycles. The standard InChI is InChI=1S/C20H23N7O3/c28-19(25-30)16(12-14-4-2-1-3-5-14)24-20(29)27-10-8-26(9-11-27)18-15-6-7-21-17(15)22-13-23-18/h1-7,13,16,30H,8-12H2,(H,24,29)(H,25,28)(H,21,22,23). The minimum atomic E-state index is -0.871. The number of fused-ring (bicyclic) bond motifs is 1. The van der Waals surface area contributed by atoms with E-state index in [1.807, 2.05) is 42.6 Å². The molecule has 3 heterocycles. The fraction of sp³-hybridized carbons (Fsp3) is 0.300. The zero-order valence-electron chi connectivity index (χ0n) is 16.3. The maximum absolute atomic E-state index is 12.7. The Balaban J connectivity index is 1.38. The third-order valence-electron chi connectivity index (χ3n) is 5.21. The van der Waals surface area contributed by atoms with Gasteiger partial charge in [-0.1, -0.05) is 30.3 Å². The highest BCUT2D eigenvalue weighted by Gasteiger charge is 2.27. The van der Waals surface area contributed by atoms with Crippen LogP contribution in [0, 0.1) is 0 Å². The lowest BCUT2D eigenvalue weighted by atomic mass is 10.1. The average molecular weight is 409 g/mol. The van der Waals surface area contributed by atoms with Gasteiger partial charge in [0, 0.05) is 38.8 Å². The van der Waals surface area contributed by atoms with Crippen molar-refractivity contribution >= 4 is 28.8 Å². The number of amides is 3. The number of nitrogens with zero attached hydrogens (tertiary/aromatic N) is 4. The SMILES string of the molecule is O=C(NO)C(Cc1ccccc1)NC(=O)N1CCN(c2ncnc3[nH]ccc23)CC1. The van der Waals surface area contributed by atoms with Crippen molar-refractivity contribution in [1.29, 1.82) is 0 Å². The quantitative estimate of drug-likeness (QED) is 0.366. The maximum atomic E-state index is 12.7. The summed E-state index contributed by atoms with van der Waals surface area (Å²) in [6.45, 7) is 2.20. The number of aromatic nitrogens is 3. The van der Waals surface area contributed by atoms with Crippen LogP contribution in [0.3, 0.4) is 0 Å². The number of urea groups is 1. The first-order chi connectivity index (χ1) is 14.7. The Labute approximate surface area is 172 Å². The lowest BCUT2D eigenvalue weighted by Crippen LogP contribution is -2.56. The van der Waals surface area contributed by atoms with Crippen LogP contribution in [0.4, 0.5) is 10.6 Å². The number of anilines is 1. The first-order valence-corrected chi connectivity index (χ1v) is 9.72. The predicted octanol–water partition coefficient (Wildman–Crippen LogP) is 0.906. The highest BCUT2D eigenvalue weighted by molar-refractivity contribution is 5.88. The fourth-order valence-electron chi connectivity index (χ4n) is 3.61. The van der Waals surface area contributed by atoms with Gasteiger partial charge in [0.2, 0.25) is 0 Å². The molecule has 1 atom stereocenters. The van der Waals surface area contributed by atoms with E-state index in [0.29, 0.717) is 26.2 Å². The fourth-order valence-corrected chi connectivity index (χ4v) is 3.61. The zero-order valence-corrected chi connectivity index (χ0v) is 16.3. The second-order valence-corrected chi connectivity index (χ2v) is 7.08. The molecule has 1 aliphatic heterocycles. The van der Waals surface area contributed by atoms with Crippen molar-refractivity contribution in [2.24, 2.45) is 0 Å². The lowest BCUT2D eigenvalue weighted by molar-refractivity contribution is -0.131. The van der Waals surface area contributed by atoms with Gasteiger partial charge in [-0.25, -0.2) is 20.2 Å². The first kappa shape index (κ1) is 19.6. The van der Waals surface area contributed by atoms with E-state index in [0.717, 1.165) is 22.4 Å². The molecule has 1 fully saturated rings. The molecule has 156 valence electrons. The van der Waals surface area contributed by atoms with E-state index < -0.39 is 11.9 Å². The lowest BCUT2D eigenvalue weighted by Gasteiger charge is -2.36. The van der Waals surface area contributed by atoms with Crippen molar-refractivity contribution in [2.75, 3.05) is 31.1 Å². The van der Waals surface area contributed by atoms with E-state index in [-0.39, 0.29) is 12.5 Å². The number of H-pyrrole nitrogens is 1. The third kappa shape index (κ3) is 4.18. The molecule has 1 unspecified atom stereocenters. The Hall–Kier alpha value is -3.66. The molecule has 1 aliphatic rings. The highest BCUT2D eigenvalue weighted by atomic mass is 16.5. The summed E-state index contributed by atoms with van der Waals surface area (Å²) in [5, 5.41) is 12.7. The molecule has 2 aromatic heterocycles. The molecule has 4 rings (SSSR count). The second-order valence-electron chi connectivity index (χ2n) is 7.08. The monoisotopic (exact) mass is 409 g/mol. The van der Waals surface area contributed by atoms with E-state index in [9.17, 15) is 9.59 Å². The Morgan fingerprint density at radius 2 is 1.87 bits per heavy atom. The molecule has 0 aliphatic carbocycles. The maximum Gasteiger partial charge on any atom is 0.318 e. The largest absolute Gasteiger partial charge is 0.352 e. The normalized spacial score (nSPS) is 15.1. The number of piperazine rings is 1. The molecule has 10 heteroatoms. The van der Waals surface area contributed by atoms with Gasteiger partial charge in [-0.15, -0.1) is 0 Å². The van der Waals surface area contributed by atoms with Crippen LogP contribution in [0.15, 0.2) is 48.9 Å².